The number of tetrazole rings is 1. The molecule has 0 bridgehead atoms. The van der Waals surface area contributed by atoms with Gasteiger partial charge in [-0.25, -0.2) is 0 Å². The van der Waals surface area contributed by atoms with E-state index < -0.39 is 0 Å². The molecular formula is C17H16ClN5O2. The van der Waals surface area contributed by atoms with Crippen LogP contribution in [0, 0.1) is 6.92 Å². The Morgan fingerprint density at radius 3 is 2.72 bits per heavy atom. The summed E-state index contributed by atoms with van der Waals surface area (Å²) < 4.78 is 5.25. The minimum absolute atomic E-state index is 0.0579. The predicted molar refractivity (Wildman–Crippen MR) is 94.6 cm³/mol. The van der Waals surface area contributed by atoms with Gasteiger partial charge in [-0.05, 0) is 54.1 Å². The van der Waals surface area contributed by atoms with Crippen LogP contribution in [-0.2, 0) is 11.3 Å². The van der Waals surface area contributed by atoms with E-state index in [9.17, 15) is 4.79 Å². The minimum Gasteiger partial charge on any atom is -0.495 e. The number of benzene rings is 2. The van der Waals surface area contributed by atoms with E-state index in [2.05, 4.69) is 20.7 Å². The van der Waals surface area contributed by atoms with Gasteiger partial charge in [0.2, 0.25) is 11.7 Å². The third-order valence-electron chi connectivity index (χ3n) is 3.47. The molecule has 0 aliphatic rings. The average Bonchev–Trinajstić information content (AvgIpc) is 3.04. The fourth-order valence-corrected chi connectivity index (χ4v) is 2.39. The van der Waals surface area contributed by atoms with Crippen molar-refractivity contribution in [3.8, 4) is 17.1 Å². The molecule has 1 aromatic heterocycles. The molecule has 3 rings (SSSR count). The highest BCUT2D eigenvalue weighted by molar-refractivity contribution is 6.30. The topological polar surface area (TPSA) is 81.9 Å². The largest absolute Gasteiger partial charge is 0.495 e. The minimum atomic E-state index is -0.274. The van der Waals surface area contributed by atoms with Gasteiger partial charge >= 0.3 is 0 Å². The van der Waals surface area contributed by atoms with E-state index in [1.54, 1.807) is 37.4 Å². The lowest BCUT2D eigenvalue weighted by molar-refractivity contribution is -0.117. The number of nitrogens with zero attached hydrogens (tertiary/aromatic N) is 4. The van der Waals surface area contributed by atoms with Crippen LogP contribution in [0.5, 0.6) is 5.75 Å². The third-order valence-corrected chi connectivity index (χ3v) is 3.72. The number of hydrogen-bond acceptors (Lipinski definition) is 5. The van der Waals surface area contributed by atoms with E-state index >= 15 is 0 Å². The van der Waals surface area contributed by atoms with Gasteiger partial charge < -0.3 is 10.1 Å². The van der Waals surface area contributed by atoms with Crippen LogP contribution < -0.4 is 10.1 Å². The molecule has 0 saturated carbocycles. The quantitative estimate of drug-likeness (QED) is 0.759. The van der Waals surface area contributed by atoms with Gasteiger partial charge in [-0.1, -0.05) is 17.7 Å². The van der Waals surface area contributed by atoms with Crippen LogP contribution in [0.25, 0.3) is 11.4 Å². The second-order valence-electron chi connectivity index (χ2n) is 5.40. The van der Waals surface area contributed by atoms with Gasteiger partial charge in [-0.2, -0.15) is 4.80 Å². The fraction of sp³-hybridized carbons (Fsp3) is 0.176. The molecule has 0 aliphatic carbocycles. The summed E-state index contributed by atoms with van der Waals surface area (Å²) in [6.07, 6.45) is 0. The number of amides is 1. The molecule has 0 aliphatic heterocycles. The van der Waals surface area contributed by atoms with Gasteiger partial charge in [0, 0.05) is 10.6 Å². The molecule has 0 spiro atoms. The zero-order valence-corrected chi connectivity index (χ0v) is 14.5. The summed E-state index contributed by atoms with van der Waals surface area (Å²) >= 11 is 5.86. The predicted octanol–water partition coefficient (Wildman–Crippen LogP) is 2.95. The highest BCUT2D eigenvalue weighted by Gasteiger charge is 2.12. The molecule has 128 valence electrons. The Morgan fingerprint density at radius 1 is 1.24 bits per heavy atom. The number of rotatable bonds is 5. The molecule has 8 heteroatoms. The Labute approximate surface area is 149 Å². The number of nitrogens with one attached hydrogen (secondary N) is 1. The zero-order valence-electron chi connectivity index (χ0n) is 13.7. The second kappa shape index (κ2) is 7.31. The molecule has 25 heavy (non-hydrogen) atoms. The molecule has 1 amide bonds. The molecule has 3 aromatic rings. The van der Waals surface area contributed by atoms with Crippen LogP contribution in [0.15, 0.2) is 42.5 Å². The van der Waals surface area contributed by atoms with Crippen LogP contribution >= 0.6 is 11.6 Å². The van der Waals surface area contributed by atoms with Crippen molar-refractivity contribution in [2.24, 2.45) is 0 Å². The SMILES string of the molecule is COc1ccc(C)cc1NC(=O)Cn1nnc(-c2ccc(Cl)cc2)n1. The Bertz CT molecular complexity index is 892. The lowest BCUT2D eigenvalue weighted by Gasteiger charge is -2.10. The van der Waals surface area contributed by atoms with Crippen molar-refractivity contribution in [1.29, 1.82) is 0 Å². The summed E-state index contributed by atoms with van der Waals surface area (Å²) in [6, 6.07) is 12.6. The molecule has 2 aromatic carbocycles. The first-order valence-electron chi connectivity index (χ1n) is 7.53. The zero-order chi connectivity index (χ0) is 17.8. The van der Waals surface area contributed by atoms with Gasteiger partial charge in [-0.15, -0.1) is 10.2 Å². The summed E-state index contributed by atoms with van der Waals surface area (Å²) in [7, 11) is 1.55. The Hall–Kier alpha value is -2.93. The van der Waals surface area contributed by atoms with E-state index in [1.165, 1.54) is 4.80 Å². The smallest absolute Gasteiger partial charge is 0.248 e. The monoisotopic (exact) mass is 357 g/mol. The Balaban J connectivity index is 1.70. The van der Waals surface area contributed by atoms with Gasteiger partial charge in [0.25, 0.3) is 0 Å². The first kappa shape index (κ1) is 16.9. The number of anilines is 1. The van der Waals surface area contributed by atoms with Gasteiger partial charge in [0.1, 0.15) is 12.3 Å². The molecule has 0 radical (unpaired) electrons. The molecular weight excluding hydrogens is 342 g/mol. The maximum Gasteiger partial charge on any atom is 0.248 e. The summed E-state index contributed by atoms with van der Waals surface area (Å²) in [6.45, 7) is 1.88. The third kappa shape index (κ3) is 4.13. The maximum atomic E-state index is 12.2. The van der Waals surface area contributed by atoms with Crippen LogP contribution in [0.3, 0.4) is 0 Å². The van der Waals surface area contributed by atoms with Crippen molar-refractivity contribution < 1.29 is 9.53 Å². The van der Waals surface area contributed by atoms with E-state index in [0.717, 1.165) is 11.1 Å². The number of carbonyl (C=O) groups excluding carboxylic acids is 1. The van der Waals surface area contributed by atoms with Crippen LogP contribution in [-0.4, -0.2) is 33.2 Å². The number of halogens is 1. The highest BCUT2D eigenvalue weighted by atomic mass is 35.5. The van der Waals surface area contributed by atoms with Crippen molar-refractivity contribution >= 4 is 23.2 Å². The van der Waals surface area contributed by atoms with Crippen LogP contribution in [0.4, 0.5) is 5.69 Å². The van der Waals surface area contributed by atoms with Crippen molar-refractivity contribution in [3.63, 3.8) is 0 Å². The molecule has 0 unspecified atom stereocenters. The number of hydrogen-bond donors (Lipinski definition) is 1. The van der Waals surface area contributed by atoms with Crippen molar-refractivity contribution in [3.05, 3.63) is 53.1 Å². The molecule has 0 atom stereocenters. The molecule has 0 saturated heterocycles. The highest BCUT2D eigenvalue weighted by Crippen LogP contribution is 2.25. The van der Waals surface area contributed by atoms with Crippen molar-refractivity contribution in [1.82, 2.24) is 20.2 Å². The first-order chi connectivity index (χ1) is 12.0. The maximum absolute atomic E-state index is 12.2. The number of aryl methyl sites for hydroxylation is 1. The van der Waals surface area contributed by atoms with Gasteiger partial charge in [0.05, 0.1) is 12.8 Å². The number of aromatic nitrogens is 4. The molecule has 0 fully saturated rings. The summed E-state index contributed by atoms with van der Waals surface area (Å²) in [5.41, 5.74) is 2.39. The normalized spacial score (nSPS) is 10.5. The standard InChI is InChI=1S/C17H16ClN5O2/c1-11-3-8-15(25-2)14(9-11)19-16(24)10-23-21-17(20-22-23)12-4-6-13(18)7-5-12/h3-9H,10H2,1-2H3,(H,19,24). The Kier molecular flexibility index (Phi) is 4.95. The van der Waals surface area contributed by atoms with Crippen molar-refractivity contribution in [2.45, 2.75) is 13.5 Å². The van der Waals surface area contributed by atoms with Crippen LogP contribution in [0.1, 0.15) is 5.56 Å². The van der Waals surface area contributed by atoms with E-state index in [4.69, 9.17) is 16.3 Å². The van der Waals surface area contributed by atoms with Gasteiger partial charge in [-0.3, -0.25) is 4.79 Å². The summed E-state index contributed by atoms with van der Waals surface area (Å²) in [5, 5.41) is 15.5. The average molecular weight is 358 g/mol. The Morgan fingerprint density at radius 2 is 2.00 bits per heavy atom. The molecule has 7 nitrogen and oxygen atoms in total. The molecule has 1 N–H and O–H groups in total. The van der Waals surface area contributed by atoms with Gasteiger partial charge in [0.15, 0.2) is 0 Å². The van der Waals surface area contributed by atoms with E-state index in [-0.39, 0.29) is 12.5 Å². The molecule has 1 heterocycles. The second-order valence-corrected chi connectivity index (χ2v) is 5.84. The lowest BCUT2D eigenvalue weighted by Crippen LogP contribution is -2.20. The summed E-state index contributed by atoms with van der Waals surface area (Å²) in [5.74, 6) is 0.744. The number of carbonyl (C=O) groups is 1. The number of ether oxygens (including phenoxy) is 1. The van der Waals surface area contributed by atoms with E-state index in [0.29, 0.717) is 22.3 Å². The fourth-order valence-electron chi connectivity index (χ4n) is 2.26. The number of methoxy groups -OCH3 is 1. The van der Waals surface area contributed by atoms with Crippen molar-refractivity contribution in [2.75, 3.05) is 12.4 Å². The lowest BCUT2D eigenvalue weighted by atomic mass is 10.2. The van der Waals surface area contributed by atoms with E-state index in [1.807, 2.05) is 19.1 Å². The van der Waals surface area contributed by atoms with Crippen LogP contribution in [0.2, 0.25) is 5.02 Å². The first-order valence-corrected chi connectivity index (χ1v) is 7.91. The summed E-state index contributed by atoms with van der Waals surface area (Å²) in [4.78, 5) is 13.5.